The Hall–Kier alpha value is -1.90. The third-order valence-corrected chi connectivity index (χ3v) is 1.97. The van der Waals surface area contributed by atoms with Crippen LogP contribution < -0.4 is 5.73 Å². The van der Waals surface area contributed by atoms with Gasteiger partial charge in [0.05, 0.1) is 6.07 Å². The molecule has 0 bridgehead atoms. The topological polar surface area (TPSA) is 107 Å². The molecule has 2 atom stereocenters. The van der Waals surface area contributed by atoms with Gasteiger partial charge in [0.1, 0.15) is 6.10 Å². The summed E-state index contributed by atoms with van der Waals surface area (Å²) in [6.07, 6.45) is -2.76. The second-order valence-electron chi connectivity index (χ2n) is 3.01. The Balaban J connectivity index is 2.90. The van der Waals surface area contributed by atoms with E-state index in [0.29, 0.717) is 11.1 Å². The summed E-state index contributed by atoms with van der Waals surface area (Å²) in [5, 5.41) is 26.9. The van der Waals surface area contributed by atoms with Crippen molar-refractivity contribution in [2.24, 2.45) is 5.73 Å². The Kier molecular flexibility index (Phi) is 3.39. The number of aliphatic hydroxyl groups excluding tert-OH is 2. The molecule has 0 saturated heterocycles. The number of hydrogen-bond donors (Lipinski definition) is 3. The molecule has 4 N–H and O–H groups in total. The molecule has 15 heavy (non-hydrogen) atoms. The molecule has 1 rings (SSSR count). The van der Waals surface area contributed by atoms with Gasteiger partial charge in [-0.1, -0.05) is 12.1 Å². The summed E-state index contributed by atoms with van der Waals surface area (Å²) < 4.78 is 0. The van der Waals surface area contributed by atoms with Gasteiger partial charge < -0.3 is 15.9 Å². The summed E-state index contributed by atoms with van der Waals surface area (Å²) in [4.78, 5) is 10.7. The predicted octanol–water partition coefficient (Wildman–Crippen LogP) is -0.297. The lowest BCUT2D eigenvalue weighted by Crippen LogP contribution is -2.16. The van der Waals surface area contributed by atoms with E-state index in [0.717, 1.165) is 0 Å². The van der Waals surface area contributed by atoms with Crippen LogP contribution in [0.15, 0.2) is 24.3 Å². The number of aliphatic hydroxyl groups is 2. The van der Waals surface area contributed by atoms with Gasteiger partial charge in [-0.05, 0) is 17.7 Å². The summed E-state index contributed by atoms with van der Waals surface area (Å²) in [5.41, 5.74) is 5.68. The van der Waals surface area contributed by atoms with Gasteiger partial charge in [0.2, 0.25) is 5.91 Å². The average molecular weight is 206 g/mol. The molecule has 0 spiro atoms. The quantitative estimate of drug-likeness (QED) is 0.590. The van der Waals surface area contributed by atoms with Crippen molar-refractivity contribution in [3.05, 3.63) is 35.4 Å². The molecule has 1 aromatic rings. The first-order valence-electron chi connectivity index (χ1n) is 4.21. The lowest BCUT2D eigenvalue weighted by molar-refractivity contribution is 0.0528. The van der Waals surface area contributed by atoms with Gasteiger partial charge in [0.15, 0.2) is 6.10 Å². The van der Waals surface area contributed by atoms with E-state index in [4.69, 9.17) is 16.1 Å². The molecule has 0 aliphatic rings. The highest BCUT2D eigenvalue weighted by Crippen LogP contribution is 2.16. The average Bonchev–Trinajstić information content (AvgIpc) is 2.27. The van der Waals surface area contributed by atoms with Crippen molar-refractivity contribution in [1.29, 1.82) is 5.26 Å². The molecule has 0 aliphatic heterocycles. The monoisotopic (exact) mass is 206 g/mol. The van der Waals surface area contributed by atoms with Gasteiger partial charge in [-0.25, -0.2) is 0 Å². The Morgan fingerprint density at radius 3 is 2.27 bits per heavy atom. The van der Waals surface area contributed by atoms with Crippen LogP contribution in [0.1, 0.15) is 22.0 Å². The first kappa shape index (κ1) is 11.2. The molecule has 0 radical (unpaired) electrons. The van der Waals surface area contributed by atoms with Gasteiger partial charge in [-0.15, -0.1) is 0 Å². The maximum atomic E-state index is 10.7. The van der Waals surface area contributed by atoms with Gasteiger partial charge in [-0.2, -0.15) is 5.26 Å². The van der Waals surface area contributed by atoms with E-state index >= 15 is 0 Å². The molecule has 0 saturated carbocycles. The Morgan fingerprint density at radius 1 is 1.33 bits per heavy atom. The molecule has 0 aromatic heterocycles. The summed E-state index contributed by atoms with van der Waals surface area (Å²) in [6, 6.07) is 7.23. The minimum absolute atomic E-state index is 0.303. The molecule has 5 heteroatoms. The van der Waals surface area contributed by atoms with Crippen LogP contribution in [-0.2, 0) is 0 Å². The van der Waals surface area contributed by atoms with E-state index < -0.39 is 18.1 Å². The maximum absolute atomic E-state index is 10.7. The van der Waals surface area contributed by atoms with Crippen LogP contribution in [-0.4, -0.2) is 22.2 Å². The fourth-order valence-electron chi connectivity index (χ4n) is 1.10. The minimum atomic E-state index is -1.48. The number of nitrogens with zero attached hydrogens (tertiary/aromatic N) is 1. The molecular formula is C10H10N2O3. The van der Waals surface area contributed by atoms with Crippen molar-refractivity contribution in [2.45, 2.75) is 12.2 Å². The summed E-state index contributed by atoms with van der Waals surface area (Å²) in [5.74, 6) is -0.572. The van der Waals surface area contributed by atoms with Crippen LogP contribution in [0.25, 0.3) is 0 Å². The molecule has 1 amide bonds. The highest BCUT2D eigenvalue weighted by atomic mass is 16.3. The van der Waals surface area contributed by atoms with E-state index in [1.54, 1.807) is 0 Å². The molecule has 2 unspecified atom stereocenters. The predicted molar refractivity (Wildman–Crippen MR) is 51.5 cm³/mol. The van der Waals surface area contributed by atoms with Crippen molar-refractivity contribution >= 4 is 5.91 Å². The zero-order valence-electron chi connectivity index (χ0n) is 7.79. The Morgan fingerprint density at radius 2 is 1.87 bits per heavy atom. The van der Waals surface area contributed by atoms with Crippen LogP contribution in [0.2, 0.25) is 0 Å². The van der Waals surface area contributed by atoms with Crippen LogP contribution in [0.5, 0.6) is 0 Å². The van der Waals surface area contributed by atoms with Crippen LogP contribution in [0.3, 0.4) is 0 Å². The van der Waals surface area contributed by atoms with Crippen molar-refractivity contribution in [3.8, 4) is 6.07 Å². The second kappa shape index (κ2) is 4.55. The minimum Gasteiger partial charge on any atom is -0.385 e. The number of amides is 1. The van der Waals surface area contributed by atoms with Crippen molar-refractivity contribution in [1.82, 2.24) is 0 Å². The van der Waals surface area contributed by atoms with Gasteiger partial charge in [0, 0.05) is 5.56 Å². The third-order valence-electron chi connectivity index (χ3n) is 1.97. The van der Waals surface area contributed by atoms with Gasteiger partial charge in [-0.3, -0.25) is 4.79 Å². The van der Waals surface area contributed by atoms with Crippen LogP contribution >= 0.6 is 0 Å². The number of hydrogen-bond acceptors (Lipinski definition) is 4. The van der Waals surface area contributed by atoms with E-state index in [-0.39, 0.29) is 0 Å². The number of primary amides is 1. The lowest BCUT2D eigenvalue weighted by atomic mass is 10.0. The zero-order valence-corrected chi connectivity index (χ0v) is 7.79. The normalized spacial score (nSPS) is 13.9. The number of carbonyl (C=O) groups is 1. The Bertz CT molecular complexity index is 394. The summed E-state index contributed by atoms with van der Waals surface area (Å²) in [6.45, 7) is 0. The first-order chi connectivity index (χ1) is 7.06. The van der Waals surface area contributed by atoms with E-state index in [1.807, 2.05) is 0 Å². The Labute approximate surface area is 86.4 Å². The SMILES string of the molecule is N#CC(O)C(O)c1ccc(C(N)=O)cc1. The molecule has 0 fully saturated rings. The van der Waals surface area contributed by atoms with Crippen molar-refractivity contribution in [2.75, 3.05) is 0 Å². The van der Waals surface area contributed by atoms with E-state index in [9.17, 15) is 9.90 Å². The van der Waals surface area contributed by atoms with Crippen molar-refractivity contribution in [3.63, 3.8) is 0 Å². The van der Waals surface area contributed by atoms with Crippen molar-refractivity contribution < 1.29 is 15.0 Å². The third kappa shape index (κ3) is 2.53. The van der Waals surface area contributed by atoms with Crippen LogP contribution in [0, 0.1) is 11.3 Å². The fraction of sp³-hybridized carbons (Fsp3) is 0.200. The maximum Gasteiger partial charge on any atom is 0.248 e. The highest BCUT2D eigenvalue weighted by Gasteiger charge is 2.17. The molecule has 1 aromatic carbocycles. The molecule has 5 nitrogen and oxygen atoms in total. The van der Waals surface area contributed by atoms with Gasteiger partial charge >= 0.3 is 0 Å². The number of carbonyl (C=O) groups excluding carboxylic acids is 1. The second-order valence-corrected chi connectivity index (χ2v) is 3.01. The standard InChI is InChI=1S/C10H10N2O3/c11-5-8(13)9(14)6-1-3-7(4-2-6)10(12)15/h1-4,8-9,13-14H,(H2,12,15). The number of rotatable bonds is 3. The molecular weight excluding hydrogens is 196 g/mol. The van der Waals surface area contributed by atoms with Gasteiger partial charge in [0.25, 0.3) is 0 Å². The largest absolute Gasteiger partial charge is 0.385 e. The van der Waals surface area contributed by atoms with E-state index in [2.05, 4.69) is 0 Å². The van der Waals surface area contributed by atoms with E-state index in [1.165, 1.54) is 30.3 Å². The number of benzene rings is 1. The summed E-state index contributed by atoms with van der Waals surface area (Å²) in [7, 11) is 0. The molecule has 0 heterocycles. The zero-order chi connectivity index (χ0) is 11.4. The number of nitrogens with two attached hydrogens (primary N) is 1. The fourth-order valence-corrected chi connectivity index (χ4v) is 1.10. The van der Waals surface area contributed by atoms with Crippen LogP contribution in [0.4, 0.5) is 0 Å². The molecule has 78 valence electrons. The first-order valence-corrected chi connectivity index (χ1v) is 4.21. The molecule has 0 aliphatic carbocycles. The highest BCUT2D eigenvalue weighted by molar-refractivity contribution is 5.92. The number of nitriles is 1. The smallest absolute Gasteiger partial charge is 0.248 e. The lowest BCUT2D eigenvalue weighted by Gasteiger charge is -2.11. The summed E-state index contributed by atoms with van der Waals surface area (Å²) >= 11 is 0.